The number of rotatable bonds is 3. The van der Waals surface area contributed by atoms with E-state index in [1.165, 1.54) is 0 Å². The lowest BCUT2D eigenvalue weighted by Crippen LogP contribution is -2.42. The Morgan fingerprint density at radius 1 is 1.41 bits per heavy atom. The van der Waals surface area contributed by atoms with E-state index in [0.717, 1.165) is 12.8 Å². The summed E-state index contributed by atoms with van der Waals surface area (Å²) < 4.78 is 0. The number of amides is 1. The molecule has 98 valence electrons. The average molecular weight is 241 g/mol. The van der Waals surface area contributed by atoms with Crippen LogP contribution in [0.1, 0.15) is 47.0 Å². The quantitative estimate of drug-likeness (QED) is 0.823. The number of carbonyl (C=O) groups excluding carboxylic acids is 1. The van der Waals surface area contributed by atoms with Gasteiger partial charge in [0.1, 0.15) is 0 Å². The molecular formula is C13H23NO3. The first kappa shape index (κ1) is 14.0. The number of hydrogen-bond donors (Lipinski definition) is 1. The molecule has 0 saturated carbocycles. The minimum absolute atomic E-state index is 0.0879. The summed E-state index contributed by atoms with van der Waals surface area (Å²) in [5, 5.41) is 9.09. The Balaban J connectivity index is 2.71. The molecule has 1 amide bonds. The Morgan fingerprint density at radius 2 is 2.00 bits per heavy atom. The van der Waals surface area contributed by atoms with Gasteiger partial charge in [0.05, 0.1) is 5.41 Å². The van der Waals surface area contributed by atoms with Crippen molar-refractivity contribution in [3.8, 4) is 0 Å². The van der Waals surface area contributed by atoms with Crippen LogP contribution in [0.25, 0.3) is 0 Å². The van der Waals surface area contributed by atoms with Crippen LogP contribution in [0, 0.1) is 10.8 Å². The van der Waals surface area contributed by atoms with Crippen LogP contribution in [0.4, 0.5) is 0 Å². The zero-order valence-electron chi connectivity index (χ0n) is 11.2. The number of likely N-dealkylation sites (tertiary alicyclic amines) is 1. The van der Waals surface area contributed by atoms with Crippen LogP contribution in [-0.2, 0) is 9.59 Å². The van der Waals surface area contributed by atoms with Crippen molar-refractivity contribution >= 4 is 11.9 Å². The minimum Gasteiger partial charge on any atom is -0.481 e. The predicted octanol–water partition coefficient (Wildman–Crippen LogP) is 2.14. The van der Waals surface area contributed by atoms with Gasteiger partial charge in [-0.25, -0.2) is 0 Å². The van der Waals surface area contributed by atoms with Crippen LogP contribution < -0.4 is 0 Å². The van der Waals surface area contributed by atoms with Crippen molar-refractivity contribution < 1.29 is 14.7 Å². The van der Waals surface area contributed by atoms with E-state index in [2.05, 4.69) is 13.8 Å². The molecule has 17 heavy (non-hydrogen) atoms. The average Bonchev–Trinajstić information content (AvgIpc) is 2.30. The number of nitrogens with zero attached hydrogens (tertiary/aromatic N) is 1. The molecule has 0 spiro atoms. The van der Waals surface area contributed by atoms with Crippen LogP contribution in [0.2, 0.25) is 0 Å². The molecular weight excluding hydrogens is 218 g/mol. The Labute approximate surface area is 103 Å². The van der Waals surface area contributed by atoms with Crippen LogP contribution in [0.5, 0.6) is 0 Å². The fourth-order valence-corrected chi connectivity index (χ4v) is 2.00. The molecule has 1 aliphatic rings. The number of hydrogen-bond acceptors (Lipinski definition) is 2. The molecule has 0 atom stereocenters. The monoisotopic (exact) mass is 241 g/mol. The van der Waals surface area contributed by atoms with Crippen LogP contribution >= 0.6 is 0 Å². The third kappa shape index (κ3) is 3.72. The number of carboxylic acids is 1. The first-order valence-corrected chi connectivity index (χ1v) is 6.15. The Morgan fingerprint density at radius 3 is 2.53 bits per heavy atom. The largest absolute Gasteiger partial charge is 0.481 e. The number of aliphatic carboxylic acids is 1. The highest BCUT2D eigenvalue weighted by molar-refractivity contribution is 5.79. The maximum atomic E-state index is 11.9. The fourth-order valence-electron chi connectivity index (χ4n) is 2.00. The molecule has 0 unspecified atom stereocenters. The van der Waals surface area contributed by atoms with Crippen molar-refractivity contribution in [3.05, 3.63) is 0 Å². The van der Waals surface area contributed by atoms with E-state index in [0.29, 0.717) is 19.5 Å². The first-order valence-electron chi connectivity index (χ1n) is 6.15. The lowest BCUT2D eigenvalue weighted by molar-refractivity contribution is -0.149. The Bertz CT molecular complexity index is 321. The van der Waals surface area contributed by atoms with Crippen LogP contribution in [0.15, 0.2) is 0 Å². The molecule has 0 bridgehead atoms. The molecule has 0 aromatic rings. The first-order chi connectivity index (χ1) is 7.64. The molecule has 1 heterocycles. The second kappa shape index (κ2) is 4.67. The molecule has 1 rings (SSSR count). The van der Waals surface area contributed by atoms with E-state index in [1.54, 1.807) is 18.7 Å². The number of carbonyl (C=O) groups is 2. The highest BCUT2D eigenvalue weighted by atomic mass is 16.4. The molecule has 0 aromatic carbocycles. The zero-order valence-corrected chi connectivity index (χ0v) is 11.2. The van der Waals surface area contributed by atoms with Gasteiger partial charge >= 0.3 is 5.97 Å². The lowest BCUT2D eigenvalue weighted by Gasteiger charge is -2.29. The van der Waals surface area contributed by atoms with Gasteiger partial charge in [0.25, 0.3) is 0 Å². The van der Waals surface area contributed by atoms with Crippen molar-refractivity contribution in [1.82, 2.24) is 4.90 Å². The van der Waals surface area contributed by atoms with Gasteiger partial charge in [0.2, 0.25) is 5.91 Å². The smallest absolute Gasteiger partial charge is 0.310 e. The topological polar surface area (TPSA) is 57.6 Å². The minimum atomic E-state index is -0.871. The zero-order chi connectivity index (χ0) is 13.3. The fraction of sp³-hybridized carbons (Fsp3) is 0.846. The van der Waals surface area contributed by atoms with Crippen molar-refractivity contribution in [2.45, 2.75) is 47.0 Å². The second-order valence-corrected chi connectivity index (χ2v) is 6.42. The summed E-state index contributed by atoms with van der Waals surface area (Å²) in [5.41, 5.74) is -0.693. The normalized spacial score (nSPS) is 21.2. The van der Waals surface area contributed by atoms with Gasteiger partial charge in [-0.05, 0) is 32.1 Å². The van der Waals surface area contributed by atoms with E-state index >= 15 is 0 Å². The standard InChI is InChI=1S/C13H23NO3/c1-12(2)6-5-10(15)14(8-7-12)9-13(3,4)11(16)17/h5-9H2,1-4H3,(H,16,17). The van der Waals surface area contributed by atoms with E-state index in [4.69, 9.17) is 5.11 Å². The molecule has 0 aromatic heterocycles. The van der Waals surface area contributed by atoms with Crippen molar-refractivity contribution in [2.75, 3.05) is 13.1 Å². The van der Waals surface area contributed by atoms with E-state index in [1.807, 2.05) is 0 Å². The van der Waals surface area contributed by atoms with E-state index < -0.39 is 11.4 Å². The summed E-state index contributed by atoms with van der Waals surface area (Å²) in [5.74, 6) is -0.765. The molecule has 4 nitrogen and oxygen atoms in total. The van der Waals surface area contributed by atoms with E-state index in [-0.39, 0.29) is 11.3 Å². The lowest BCUT2D eigenvalue weighted by atomic mass is 9.85. The summed E-state index contributed by atoms with van der Waals surface area (Å²) >= 11 is 0. The molecule has 4 heteroatoms. The van der Waals surface area contributed by atoms with Gasteiger partial charge in [-0.1, -0.05) is 13.8 Å². The Kier molecular flexibility index (Phi) is 3.84. The van der Waals surface area contributed by atoms with Gasteiger partial charge in [-0.15, -0.1) is 0 Å². The summed E-state index contributed by atoms with van der Waals surface area (Å²) in [6, 6.07) is 0. The second-order valence-electron chi connectivity index (χ2n) is 6.42. The maximum Gasteiger partial charge on any atom is 0.310 e. The van der Waals surface area contributed by atoms with Crippen molar-refractivity contribution in [3.63, 3.8) is 0 Å². The predicted molar refractivity (Wildman–Crippen MR) is 65.6 cm³/mol. The molecule has 0 aliphatic carbocycles. The third-order valence-electron chi connectivity index (χ3n) is 3.59. The SMILES string of the molecule is CC1(C)CCC(=O)N(CC(C)(C)C(=O)O)CC1. The van der Waals surface area contributed by atoms with Gasteiger partial charge in [0, 0.05) is 19.5 Å². The van der Waals surface area contributed by atoms with Crippen LogP contribution in [0.3, 0.4) is 0 Å². The van der Waals surface area contributed by atoms with Gasteiger partial charge in [0.15, 0.2) is 0 Å². The molecule has 1 fully saturated rings. The highest BCUT2D eigenvalue weighted by Crippen LogP contribution is 2.31. The third-order valence-corrected chi connectivity index (χ3v) is 3.59. The highest BCUT2D eigenvalue weighted by Gasteiger charge is 2.34. The van der Waals surface area contributed by atoms with Gasteiger partial charge < -0.3 is 10.0 Å². The molecule has 1 N–H and O–H groups in total. The maximum absolute atomic E-state index is 11.9. The molecule has 1 saturated heterocycles. The Hall–Kier alpha value is -1.06. The van der Waals surface area contributed by atoms with Gasteiger partial charge in [-0.3, -0.25) is 9.59 Å². The van der Waals surface area contributed by atoms with Crippen LogP contribution in [-0.4, -0.2) is 35.0 Å². The summed E-state index contributed by atoms with van der Waals surface area (Å²) in [6.45, 7) is 8.62. The molecule has 1 aliphatic heterocycles. The summed E-state index contributed by atoms with van der Waals surface area (Å²) in [7, 11) is 0. The number of carboxylic acid groups (broad SMARTS) is 1. The van der Waals surface area contributed by atoms with Crippen molar-refractivity contribution in [1.29, 1.82) is 0 Å². The van der Waals surface area contributed by atoms with Crippen molar-refractivity contribution in [2.24, 2.45) is 10.8 Å². The van der Waals surface area contributed by atoms with E-state index in [9.17, 15) is 9.59 Å². The van der Waals surface area contributed by atoms with Gasteiger partial charge in [-0.2, -0.15) is 0 Å². The summed E-state index contributed by atoms with van der Waals surface area (Å²) in [4.78, 5) is 24.7. The summed E-state index contributed by atoms with van der Waals surface area (Å²) in [6.07, 6.45) is 2.35. The molecule has 0 radical (unpaired) electrons.